The molecule has 8 nitrogen and oxygen atoms in total. The number of carbonyl (C=O) groups excluding carboxylic acids is 4. The number of nitrogens with zero attached hydrogens (tertiary/aromatic N) is 4. The molecule has 4 amide bonds. The molecule has 0 saturated carbocycles. The van der Waals surface area contributed by atoms with Crippen LogP contribution in [0.3, 0.4) is 0 Å². The van der Waals surface area contributed by atoms with Crippen LogP contribution in [0.25, 0.3) is 66.1 Å². The second-order valence-electron chi connectivity index (χ2n) is 16.0. The van der Waals surface area contributed by atoms with Crippen LogP contribution in [0, 0.1) is 0 Å². The molecule has 0 atom stereocenters. The van der Waals surface area contributed by atoms with Gasteiger partial charge in [0.25, 0.3) is 23.6 Å². The first-order chi connectivity index (χ1) is 34.9. The van der Waals surface area contributed by atoms with Gasteiger partial charge in [0, 0.05) is 32.9 Å². The average Bonchev–Trinajstić information content (AvgIpc) is 4.11. The molecule has 2 aliphatic heterocycles. The van der Waals surface area contributed by atoms with Crippen LogP contribution >= 0.6 is 0 Å². The molecule has 8 aromatic carbocycles. The summed E-state index contributed by atoms with van der Waals surface area (Å²) in [7, 11) is 0. The van der Waals surface area contributed by atoms with Gasteiger partial charge < -0.3 is 9.13 Å². The lowest BCUT2D eigenvalue weighted by atomic mass is 10.0. The highest BCUT2D eigenvalue weighted by molar-refractivity contribution is 6.35. The molecule has 0 bridgehead atoms. The van der Waals surface area contributed by atoms with Gasteiger partial charge >= 0.3 is 0 Å². The number of imide groups is 2. The summed E-state index contributed by atoms with van der Waals surface area (Å²) in [6.45, 7) is 19.4. The maximum atomic E-state index is 14.2. The molecule has 0 saturated heterocycles. The van der Waals surface area contributed by atoms with E-state index in [1.54, 1.807) is 66.7 Å². The second kappa shape index (κ2) is 21.0. The number of hydrogen-bond donors (Lipinski definition) is 0. The molecule has 8 heteroatoms. The van der Waals surface area contributed by atoms with Gasteiger partial charge in [0.05, 0.1) is 55.7 Å². The summed E-state index contributed by atoms with van der Waals surface area (Å²) in [6.07, 6.45) is 5.58. The third kappa shape index (κ3) is 8.35. The van der Waals surface area contributed by atoms with Crippen LogP contribution < -0.4 is 9.80 Å². The zero-order chi connectivity index (χ0) is 50.3. The van der Waals surface area contributed by atoms with Gasteiger partial charge in [0.2, 0.25) is 0 Å². The number of amides is 4. The second-order valence-corrected chi connectivity index (χ2v) is 16.0. The lowest BCUT2D eigenvalue weighted by Crippen LogP contribution is -2.29. The third-order valence-corrected chi connectivity index (χ3v) is 12.3. The number of fused-ring (bicyclic) bond motifs is 8. The molecule has 0 fully saturated rings. The maximum absolute atomic E-state index is 14.2. The molecule has 350 valence electrons. The summed E-state index contributed by atoms with van der Waals surface area (Å²) >= 11 is 0. The summed E-state index contributed by atoms with van der Waals surface area (Å²) in [5, 5.41) is 4.41. The number of hydrogen-bond acceptors (Lipinski definition) is 4. The van der Waals surface area contributed by atoms with Crippen LogP contribution in [0.2, 0.25) is 0 Å². The largest absolute Gasteiger partial charge is 0.309 e. The van der Waals surface area contributed by atoms with Crippen LogP contribution in [-0.2, 0) is 0 Å². The predicted molar refractivity (Wildman–Crippen MR) is 295 cm³/mol. The number of anilines is 2. The van der Waals surface area contributed by atoms with E-state index in [4.69, 9.17) is 0 Å². The molecule has 2 aliphatic rings. The molecular weight excluding hydrogens is 877 g/mol. The fourth-order valence-electron chi connectivity index (χ4n) is 9.39. The highest BCUT2D eigenvalue weighted by atomic mass is 16.2. The van der Waals surface area contributed by atoms with Crippen LogP contribution in [-0.4, -0.2) is 32.8 Å². The van der Waals surface area contributed by atoms with Gasteiger partial charge in [0.15, 0.2) is 0 Å². The molecule has 0 spiro atoms. The van der Waals surface area contributed by atoms with E-state index in [0.717, 1.165) is 55.0 Å². The zero-order valence-corrected chi connectivity index (χ0v) is 40.6. The Morgan fingerprint density at radius 2 is 0.690 bits per heavy atom. The fourth-order valence-corrected chi connectivity index (χ4v) is 9.39. The Balaban J connectivity index is 0.000000568. The monoisotopic (exact) mass is 930 g/mol. The molecule has 12 rings (SSSR count). The topological polar surface area (TPSA) is 84.6 Å². The van der Waals surface area contributed by atoms with Crippen LogP contribution in [0.4, 0.5) is 11.4 Å². The number of rotatable bonds is 6. The van der Waals surface area contributed by atoms with E-state index in [-0.39, 0.29) is 0 Å². The summed E-state index contributed by atoms with van der Waals surface area (Å²) < 4.78 is 4.25. The van der Waals surface area contributed by atoms with E-state index < -0.39 is 23.6 Å². The summed E-state index contributed by atoms with van der Waals surface area (Å²) in [4.78, 5) is 58.6. The summed E-state index contributed by atoms with van der Waals surface area (Å²) in [6, 6.07) is 57.8. The van der Waals surface area contributed by atoms with Gasteiger partial charge in [-0.25, -0.2) is 9.80 Å². The Bertz CT molecular complexity index is 3380. The van der Waals surface area contributed by atoms with Crippen molar-refractivity contribution in [2.24, 2.45) is 0 Å². The Morgan fingerprint density at radius 1 is 0.366 bits per heavy atom. The van der Waals surface area contributed by atoms with Gasteiger partial charge in [-0.1, -0.05) is 150 Å². The van der Waals surface area contributed by atoms with Crippen LogP contribution in [0.5, 0.6) is 0 Å². The lowest BCUT2D eigenvalue weighted by molar-refractivity contribution is 0.0910. The predicted octanol–water partition coefficient (Wildman–Crippen LogP) is 15.8. The number of allylic oxidation sites excluding steroid dienone is 3. The van der Waals surface area contributed by atoms with Crippen LogP contribution in [0.1, 0.15) is 76.1 Å². The number of para-hydroxylation sites is 4. The third-order valence-electron chi connectivity index (χ3n) is 12.3. The normalized spacial score (nSPS) is 12.5. The first-order valence-corrected chi connectivity index (χ1v) is 23.8. The Morgan fingerprint density at radius 3 is 1.00 bits per heavy atom. The van der Waals surface area contributed by atoms with E-state index in [1.807, 2.05) is 120 Å². The van der Waals surface area contributed by atoms with Crippen molar-refractivity contribution in [3.63, 3.8) is 0 Å². The lowest BCUT2D eigenvalue weighted by Gasteiger charge is -2.17. The van der Waals surface area contributed by atoms with Crippen molar-refractivity contribution >= 4 is 78.6 Å². The van der Waals surface area contributed by atoms with Gasteiger partial charge in [-0.2, -0.15) is 0 Å². The number of benzene rings is 8. The van der Waals surface area contributed by atoms with Gasteiger partial charge in [-0.3, -0.25) is 19.2 Å². The van der Waals surface area contributed by atoms with E-state index in [2.05, 4.69) is 77.4 Å². The highest BCUT2D eigenvalue weighted by Gasteiger charge is 2.39. The molecule has 4 heterocycles. The minimum absolute atomic E-state index is 0.332. The average molecular weight is 931 g/mol. The Kier molecular flexibility index (Phi) is 14.3. The standard InChI is InChI=1S/C52H30N4O4.C5H8.2C2H6.C2H4/c57-49-41-25-23-35(53-45-19-5-1-15-37(45)38-16-2-6-20-46(38)53)29-43(41)51(59)55(49)33-13-9-11-31(27-33)32-12-10-14-34(28-32)56-50(58)42-26-24-36(30-44(42)52(56)60)54-47-21-7-3-17-39(47)40-18-4-8-22-48(40)54;1-3-5-4-2;3*1-2/h1-30H;3-5H,1H2,2H3;2*1-2H3;1-2H2/b;5-4-;;;. The van der Waals surface area contributed by atoms with Crippen molar-refractivity contribution in [1.29, 1.82) is 0 Å². The Labute approximate surface area is 414 Å². The van der Waals surface area contributed by atoms with E-state index in [0.29, 0.717) is 44.8 Å². The molecule has 0 radical (unpaired) electrons. The zero-order valence-electron chi connectivity index (χ0n) is 40.6. The molecule has 2 aromatic heterocycles. The van der Waals surface area contributed by atoms with Crippen molar-refractivity contribution in [3.8, 4) is 22.5 Å². The van der Waals surface area contributed by atoms with Crippen molar-refractivity contribution in [2.45, 2.75) is 34.6 Å². The minimum Gasteiger partial charge on any atom is -0.309 e. The van der Waals surface area contributed by atoms with Gasteiger partial charge in [-0.05, 0) is 103 Å². The van der Waals surface area contributed by atoms with Gasteiger partial charge in [-0.15, -0.1) is 13.2 Å². The fraction of sp³-hybridized carbons (Fsp3) is 0.0794. The molecule has 0 unspecified atom stereocenters. The van der Waals surface area contributed by atoms with Crippen LogP contribution in [0.15, 0.2) is 220 Å². The highest BCUT2D eigenvalue weighted by Crippen LogP contribution is 2.39. The number of carbonyl (C=O) groups is 4. The van der Waals surface area contributed by atoms with Gasteiger partial charge in [0.1, 0.15) is 0 Å². The number of aromatic nitrogens is 2. The molecule has 71 heavy (non-hydrogen) atoms. The van der Waals surface area contributed by atoms with Crippen molar-refractivity contribution in [1.82, 2.24) is 9.13 Å². The maximum Gasteiger partial charge on any atom is 0.266 e. The SMILES string of the molecule is C=C.C=C/C=C\C.CC.CC.O=C1c2ccc(-n3c4ccccc4c4ccccc43)cc2C(=O)N1c1cccc(-c2cccc(N3C(=O)c4ccc(-n5c6ccccc6c6ccccc65)cc4C3=O)c2)c1. The quantitative estimate of drug-likeness (QED) is 0.0944. The van der Waals surface area contributed by atoms with Crippen molar-refractivity contribution < 1.29 is 19.2 Å². The van der Waals surface area contributed by atoms with E-state index >= 15 is 0 Å². The summed E-state index contributed by atoms with van der Waals surface area (Å²) in [5.74, 6) is -1.62. The minimum atomic E-state index is -0.408. The first-order valence-electron chi connectivity index (χ1n) is 23.8. The first kappa shape index (κ1) is 48.3. The Hall–Kier alpha value is -9.14. The van der Waals surface area contributed by atoms with E-state index in [1.165, 1.54) is 9.80 Å². The van der Waals surface area contributed by atoms with Crippen molar-refractivity contribution in [2.75, 3.05) is 9.80 Å². The van der Waals surface area contributed by atoms with Crippen molar-refractivity contribution in [3.05, 3.63) is 242 Å². The van der Waals surface area contributed by atoms with E-state index in [9.17, 15) is 19.2 Å². The summed E-state index contributed by atoms with van der Waals surface area (Å²) in [5.41, 5.74) is 9.20. The molecule has 0 aliphatic carbocycles. The molecule has 0 N–H and O–H groups in total. The smallest absolute Gasteiger partial charge is 0.266 e. The molecular formula is C63H54N4O4. The molecule has 10 aromatic rings.